The molecule has 29 heavy (non-hydrogen) atoms. The number of carbonyl (C=O) groups excluding carboxylic acids is 1. The van der Waals surface area contributed by atoms with Gasteiger partial charge in [0.05, 0.1) is 22.2 Å². The summed E-state index contributed by atoms with van der Waals surface area (Å²) in [6.45, 7) is 1.75. The second-order valence-electron chi connectivity index (χ2n) is 6.38. The number of ether oxygens (including phenoxy) is 1. The fourth-order valence-corrected chi connectivity index (χ4v) is 3.53. The molecule has 4 nitrogen and oxygen atoms in total. The average Bonchev–Trinajstić information content (AvgIpc) is 2.69. The van der Waals surface area contributed by atoms with Gasteiger partial charge in [0.25, 0.3) is 0 Å². The number of hydrogen-bond acceptors (Lipinski definition) is 4. The zero-order valence-electron chi connectivity index (χ0n) is 14.9. The fraction of sp³-hybridized carbons (Fsp3) is 0.0952. The van der Waals surface area contributed by atoms with E-state index in [0.717, 1.165) is 24.3 Å². The highest BCUT2D eigenvalue weighted by molar-refractivity contribution is 9.10. The third kappa shape index (κ3) is 3.67. The van der Waals surface area contributed by atoms with Crippen LogP contribution in [0.4, 0.5) is 13.2 Å². The van der Waals surface area contributed by atoms with Crippen LogP contribution in [-0.4, -0.2) is 15.9 Å². The lowest BCUT2D eigenvalue weighted by Crippen LogP contribution is -2.11. The zero-order chi connectivity index (χ0) is 20.8. The molecule has 0 aliphatic rings. The largest absolute Gasteiger partial charge is 0.420 e. The molecule has 0 bridgehead atoms. The number of benzene rings is 3. The Morgan fingerprint density at radius 3 is 2.14 bits per heavy atom. The van der Waals surface area contributed by atoms with Crippen LogP contribution < -0.4 is 4.74 Å². The number of halogens is 4. The first kappa shape index (κ1) is 19.3. The Morgan fingerprint density at radius 2 is 1.55 bits per heavy atom. The number of para-hydroxylation sites is 2. The quantitative estimate of drug-likeness (QED) is 0.206. The van der Waals surface area contributed by atoms with Gasteiger partial charge >= 0.3 is 12.1 Å². The van der Waals surface area contributed by atoms with E-state index in [0.29, 0.717) is 32.1 Å². The lowest BCUT2D eigenvalue weighted by Gasteiger charge is -2.12. The van der Waals surface area contributed by atoms with Gasteiger partial charge in [-0.25, -0.2) is 14.8 Å². The maximum Gasteiger partial charge on any atom is 0.416 e. The summed E-state index contributed by atoms with van der Waals surface area (Å²) in [4.78, 5) is 21.7. The molecular formula is C21H12BrF3N2O2. The highest BCUT2D eigenvalue weighted by atomic mass is 79.9. The topological polar surface area (TPSA) is 52.1 Å². The Hall–Kier alpha value is -3.00. The maximum absolute atomic E-state index is 12.7. The van der Waals surface area contributed by atoms with Crippen LogP contribution in [0.15, 0.2) is 59.1 Å². The van der Waals surface area contributed by atoms with Crippen LogP contribution in [0.2, 0.25) is 0 Å². The van der Waals surface area contributed by atoms with Crippen LogP contribution in [0.25, 0.3) is 22.1 Å². The third-order valence-electron chi connectivity index (χ3n) is 4.36. The van der Waals surface area contributed by atoms with Crippen molar-refractivity contribution in [1.82, 2.24) is 9.97 Å². The number of alkyl halides is 3. The zero-order valence-corrected chi connectivity index (χ0v) is 16.5. The molecule has 0 unspecified atom stereocenters. The molecule has 146 valence electrons. The van der Waals surface area contributed by atoms with Gasteiger partial charge in [0, 0.05) is 4.47 Å². The normalized spacial score (nSPS) is 11.8. The van der Waals surface area contributed by atoms with Crippen LogP contribution in [0.3, 0.4) is 0 Å². The lowest BCUT2D eigenvalue weighted by atomic mass is 10.1. The monoisotopic (exact) mass is 460 g/mol. The number of nitrogens with zero attached hydrogens (tertiary/aromatic N) is 2. The van der Waals surface area contributed by atoms with E-state index in [1.54, 1.807) is 19.1 Å². The molecule has 1 heterocycles. The van der Waals surface area contributed by atoms with Crippen molar-refractivity contribution in [2.75, 3.05) is 0 Å². The molecule has 0 fully saturated rings. The van der Waals surface area contributed by atoms with Gasteiger partial charge < -0.3 is 4.74 Å². The number of fused-ring (bicyclic) bond motifs is 2. The van der Waals surface area contributed by atoms with Gasteiger partial charge in [-0.1, -0.05) is 12.1 Å². The van der Waals surface area contributed by atoms with Crippen molar-refractivity contribution in [3.63, 3.8) is 0 Å². The number of rotatable bonds is 2. The van der Waals surface area contributed by atoms with E-state index >= 15 is 0 Å². The molecule has 1 aromatic heterocycles. The molecule has 4 rings (SSSR count). The second-order valence-corrected chi connectivity index (χ2v) is 7.23. The lowest BCUT2D eigenvalue weighted by molar-refractivity contribution is -0.137. The number of aromatic nitrogens is 2. The molecule has 8 heteroatoms. The first-order chi connectivity index (χ1) is 13.7. The van der Waals surface area contributed by atoms with Crippen LogP contribution in [0, 0.1) is 6.92 Å². The Bertz CT molecular complexity index is 1250. The maximum atomic E-state index is 12.7. The van der Waals surface area contributed by atoms with Crippen molar-refractivity contribution >= 4 is 44.0 Å². The van der Waals surface area contributed by atoms with Crippen LogP contribution in [-0.2, 0) is 6.18 Å². The van der Waals surface area contributed by atoms with Gasteiger partial charge in [-0.2, -0.15) is 13.2 Å². The number of carbonyl (C=O) groups is 1. The van der Waals surface area contributed by atoms with Crippen molar-refractivity contribution in [1.29, 1.82) is 0 Å². The van der Waals surface area contributed by atoms with Crippen molar-refractivity contribution < 1.29 is 22.7 Å². The van der Waals surface area contributed by atoms with Crippen LogP contribution in [0.1, 0.15) is 21.5 Å². The molecule has 4 aromatic rings. The summed E-state index contributed by atoms with van der Waals surface area (Å²) in [6, 6.07) is 12.9. The van der Waals surface area contributed by atoms with E-state index in [9.17, 15) is 18.0 Å². The predicted molar refractivity (Wildman–Crippen MR) is 106 cm³/mol. The summed E-state index contributed by atoms with van der Waals surface area (Å²) >= 11 is 3.46. The summed E-state index contributed by atoms with van der Waals surface area (Å²) < 4.78 is 44.4. The molecule has 0 aliphatic carbocycles. The average molecular weight is 461 g/mol. The van der Waals surface area contributed by atoms with E-state index in [2.05, 4.69) is 25.9 Å². The summed E-state index contributed by atoms with van der Waals surface area (Å²) in [7, 11) is 0. The Kier molecular flexibility index (Phi) is 4.74. The van der Waals surface area contributed by atoms with Crippen molar-refractivity contribution in [3.8, 4) is 5.75 Å². The molecule has 0 amide bonds. The second kappa shape index (κ2) is 7.11. The van der Waals surface area contributed by atoms with Crippen molar-refractivity contribution in [2.45, 2.75) is 13.1 Å². The van der Waals surface area contributed by atoms with Crippen LogP contribution >= 0.6 is 15.9 Å². The van der Waals surface area contributed by atoms with Gasteiger partial charge in [0.2, 0.25) is 0 Å². The first-order valence-corrected chi connectivity index (χ1v) is 9.28. The first-order valence-electron chi connectivity index (χ1n) is 8.49. The van der Waals surface area contributed by atoms with Crippen molar-refractivity contribution in [2.24, 2.45) is 0 Å². The molecule has 0 spiro atoms. The van der Waals surface area contributed by atoms with E-state index in [1.165, 1.54) is 0 Å². The summed E-state index contributed by atoms with van der Waals surface area (Å²) in [6.07, 6.45) is -4.47. The molecular weight excluding hydrogens is 449 g/mol. The van der Waals surface area contributed by atoms with Gasteiger partial charge in [0.1, 0.15) is 11.0 Å². The van der Waals surface area contributed by atoms with E-state index in [-0.39, 0.29) is 11.3 Å². The predicted octanol–water partition coefficient (Wildman–Crippen LogP) is 6.09. The fourth-order valence-electron chi connectivity index (χ4n) is 2.91. The number of hydrogen-bond donors (Lipinski definition) is 0. The Balaban J connectivity index is 1.77. The third-order valence-corrected chi connectivity index (χ3v) is 4.96. The van der Waals surface area contributed by atoms with Crippen LogP contribution in [0.5, 0.6) is 5.75 Å². The molecule has 0 atom stereocenters. The van der Waals surface area contributed by atoms with Gasteiger partial charge in [-0.15, -0.1) is 0 Å². The summed E-state index contributed by atoms with van der Waals surface area (Å²) in [5, 5.41) is 0. The Labute approximate surface area is 171 Å². The highest BCUT2D eigenvalue weighted by Crippen LogP contribution is 2.35. The van der Waals surface area contributed by atoms with Crippen molar-refractivity contribution in [3.05, 3.63) is 75.8 Å². The SMILES string of the molecule is Cc1cc(Br)c2nc3ccccc3nc2c1OC(=O)c1ccc(C(F)(F)F)cc1. The molecule has 3 aromatic carbocycles. The van der Waals surface area contributed by atoms with Gasteiger partial charge in [-0.05, 0) is 70.9 Å². The molecule has 0 saturated heterocycles. The number of esters is 1. The minimum Gasteiger partial charge on any atom is -0.420 e. The molecule has 0 aliphatic heterocycles. The van der Waals surface area contributed by atoms with E-state index in [1.807, 2.05) is 18.2 Å². The summed E-state index contributed by atoms with van der Waals surface area (Å²) in [5.41, 5.74) is 2.02. The number of aryl methyl sites for hydroxylation is 1. The minimum atomic E-state index is -4.47. The minimum absolute atomic E-state index is 0.00205. The standard InChI is InChI=1S/C21H12BrF3N2O2/c1-11-10-14(22)17-18(27-16-5-3-2-4-15(16)26-17)19(11)29-20(28)12-6-8-13(9-7-12)21(23,24)25/h2-10H,1H3. The molecule has 0 radical (unpaired) electrons. The Morgan fingerprint density at radius 1 is 0.966 bits per heavy atom. The van der Waals surface area contributed by atoms with E-state index in [4.69, 9.17) is 4.74 Å². The molecule has 0 saturated carbocycles. The smallest absolute Gasteiger partial charge is 0.416 e. The highest BCUT2D eigenvalue weighted by Gasteiger charge is 2.30. The van der Waals surface area contributed by atoms with Gasteiger partial charge in [0.15, 0.2) is 5.75 Å². The summed E-state index contributed by atoms with van der Waals surface area (Å²) in [5.74, 6) is -0.563. The van der Waals surface area contributed by atoms with Gasteiger partial charge in [-0.3, -0.25) is 0 Å². The molecule has 0 N–H and O–H groups in total. The van der Waals surface area contributed by atoms with E-state index < -0.39 is 17.7 Å².